The van der Waals surface area contributed by atoms with Gasteiger partial charge in [-0.15, -0.1) is 0 Å². The van der Waals surface area contributed by atoms with E-state index in [4.69, 9.17) is 4.74 Å². The molecule has 3 aromatic rings. The van der Waals surface area contributed by atoms with Gasteiger partial charge in [0, 0.05) is 32.5 Å². The lowest BCUT2D eigenvalue weighted by Gasteiger charge is -2.15. The van der Waals surface area contributed by atoms with E-state index in [1.54, 1.807) is 25.4 Å². The predicted octanol–water partition coefficient (Wildman–Crippen LogP) is 1.38. The third-order valence-corrected chi connectivity index (χ3v) is 5.79. The van der Waals surface area contributed by atoms with Gasteiger partial charge in [-0.25, -0.2) is 14.1 Å². The van der Waals surface area contributed by atoms with E-state index in [0.717, 1.165) is 0 Å². The zero-order valence-electron chi connectivity index (χ0n) is 17.1. The van der Waals surface area contributed by atoms with Crippen molar-refractivity contribution in [2.75, 3.05) is 25.1 Å². The molecule has 1 saturated heterocycles. The van der Waals surface area contributed by atoms with Gasteiger partial charge in [0.05, 0.1) is 52.5 Å². The number of benzene rings is 1. The Morgan fingerprint density at radius 3 is 2.91 bits per heavy atom. The van der Waals surface area contributed by atoms with Crippen molar-refractivity contribution in [2.24, 2.45) is 0 Å². The first kappa shape index (κ1) is 20.1. The molecule has 0 aliphatic carbocycles. The normalized spacial score (nSPS) is 19.7. The van der Waals surface area contributed by atoms with E-state index in [1.165, 1.54) is 22.9 Å². The van der Waals surface area contributed by atoms with Crippen molar-refractivity contribution < 1.29 is 19.0 Å². The second-order valence-corrected chi connectivity index (χ2v) is 7.67. The number of carbonyl (C=O) groups is 1. The Labute approximate surface area is 182 Å². The number of ether oxygens (including phenoxy) is 1. The van der Waals surface area contributed by atoms with Gasteiger partial charge < -0.3 is 20.1 Å². The highest BCUT2D eigenvalue weighted by Gasteiger charge is 2.33. The number of aliphatic hydroxyl groups excluding tert-OH is 1. The first-order valence-electron chi connectivity index (χ1n) is 10.0. The first-order chi connectivity index (χ1) is 15.5. The van der Waals surface area contributed by atoms with Gasteiger partial charge in [-0.2, -0.15) is 10.4 Å². The lowest BCUT2D eigenvalue weighted by molar-refractivity contribution is 0.0217. The fourth-order valence-electron chi connectivity index (χ4n) is 4.19. The SMILES string of the molecule is CO[C@@H]1CN(c2ccn(-c3cc(-c4c(F)cccc4C#N)nc4c3C(=O)NC4)n2)C[C@@H]1O. The van der Waals surface area contributed by atoms with Gasteiger partial charge in [0.25, 0.3) is 5.91 Å². The Morgan fingerprint density at radius 1 is 1.31 bits per heavy atom. The number of hydrogen-bond donors (Lipinski definition) is 2. The minimum absolute atomic E-state index is 0.0800. The van der Waals surface area contributed by atoms with E-state index in [-0.39, 0.29) is 35.4 Å². The maximum absolute atomic E-state index is 14.7. The number of methoxy groups -OCH3 is 1. The van der Waals surface area contributed by atoms with Crippen molar-refractivity contribution in [1.82, 2.24) is 20.1 Å². The number of nitrogens with one attached hydrogen (secondary N) is 1. The molecule has 2 aliphatic heterocycles. The number of rotatable bonds is 4. The lowest BCUT2D eigenvalue weighted by atomic mass is 10.0. The lowest BCUT2D eigenvalue weighted by Crippen LogP contribution is -2.25. The van der Waals surface area contributed by atoms with E-state index < -0.39 is 11.9 Å². The summed E-state index contributed by atoms with van der Waals surface area (Å²) in [7, 11) is 1.55. The van der Waals surface area contributed by atoms with Gasteiger partial charge in [0.1, 0.15) is 11.9 Å². The average molecular weight is 434 g/mol. The van der Waals surface area contributed by atoms with Gasteiger partial charge in [-0.05, 0) is 18.2 Å². The second-order valence-electron chi connectivity index (χ2n) is 7.67. The molecule has 0 unspecified atom stereocenters. The summed E-state index contributed by atoms with van der Waals surface area (Å²) < 4.78 is 21.5. The third-order valence-electron chi connectivity index (χ3n) is 5.79. The summed E-state index contributed by atoms with van der Waals surface area (Å²) in [5, 5.41) is 26.9. The number of fused-ring (bicyclic) bond motifs is 1. The Kier molecular flexibility index (Phi) is 4.84. The smallest absolute Gasteiger partial charge is 0.255 e. The number of aliphatic hydroxyl groups is 1. The minimum atomic E-state index is -0.627. The molecule has 2 aliphatic rings. The highest BCUT2D eigenvalue weighted by Crippen LogP contribution is 2.32. The maximum Gasteiger partial charge on any atom is 0.255 e. The number of halogens is 1. The molecule has 0 spiro atoms. The monoisotopic (exact) mass is 434 g/mol. The summed E-state index contributed by atoms with van der Waals surface area (Å²) in [6, 6.07) is 9.59. The first-order valence-corrected chi connectivity index (χ1v) is 10.0. The Morgan fingerprint density at radius 2 is 2.16 bits per heavy atom. The number of nitrogens with zero attached hydrogens (tertiary/aromatic N) is 5. The van der Waals surface area contributed by atoms with Crippen LogP contribution in [0.25, 0.3) is 16.9 Å². The molecule has 2 N–H and O–H groups in total. The summed E-state index contributed by atoms with van der Waals surface area (Å²) in [6.07, 6.45) is 0.755. The molecule has 2 aromatic heterocycles. The Balaban J connectivity index is 1.61. The number of nitriles is 1. The van der Waals surface area contributed by atoms with Crippen molar-refractivity contribution >= 4 is 11.7 Å². The molecule has 2 atom stereocenters. The minimum Gasteiger partial charge on any atom is -0.388 e. The molecule has 0 saturated carbocycles. The van der Waals surface area contributed by atoms with Crippen LogP contribution in [0.5, 0.6) is 0 Å². The Hall–Kier alpha value is -3.81. The van der Waals surface area contributed by atoms with Crippen LogP contribution in [0.15, 0.2) is 36.5 Å². The summed E-state index contributed by atoms with van der Waals surface area (Å²) in [6.45, 7) is 1.05. The third kappa shape index (κ3) is 3.19. The molecule has 0 bridgehead atoms. The molecule has 1 amide bonds. The van der Waals surface area contributed by atoms with E-state index in [0.29, 0.717) is 35.9 Å². The van der Waals surface area contributed by atoms with E-state index in [1.807, 2.05) is 11.0 Å². The van der Waals surface area contributed by atoms with Crippen molar-refractivity contribution in [2.45, 2.75) is 18.8 Å². The van der Waals surface area contributed by atoms with Gasteiger partial charge in [0.2, 0.25) is 0 Å². The maximum atomic E-state index is 14.7. The Bertz CT molecular complexity index is 1270. The summed E-state index contributed by atoms with van der Waals surface area (Å²) in [4.78, 5) is 18.9. The van der Waals surface area contributed by atoms with E-state index >= 15 is 0 Å². The van der Waals surface area contributed by atoms with Crippen molar-refractivity contribution in [3.8, 4) is 23.0 Å². The number of anilines is 1. The van der Waals surface area contributed by atoms with Crippen LogP contribution >= 0.6 is 0 Å². The van der Waals surface area contributed by atoms with Gasteiger partial charge in [0.15, 0.2) is 5.82 Å². The molecule has 5 rings (SSSR count). The second kappa shape index (κ2) is 7.71. The number of hydrogen-bond acceptors (Lipinski definition) is 7. The molecular formula is C22H19FN6O3. The van der Waals surface area contributed by atoms with E-state index in [2.05, 4.69) is 15.4 Å². The van der Waals surface area contributed by atoms with Crippen LogP contribution in [0.3, 0.4) is 0 Å². The number of β-amino-alcohol motifs (C(OH)–C–C–N with tert-alkyl or cyclic N) is 1. The fraction of sp³-hybridized carbons (Fsp3) is 0.273. The van der Waals surface area contributed by atoms with Crippen LogP contribution in [0.4, 0.5) is 10.2 Å². The van der Waals surface area contributed by atoms with Gasteiger partial charge >= 0.3 is 0 Å². The van der Waals surface area contributed by atoms with Crippen LogP contribution in [-0.4, -0.2) is 58.2 Å². The van der Waals surface area contributed by atoms with Crippen molar-refractivity contribution in [1.29, 1.82) is 5.26 Å². The molecule has 4 heterocycles. The van der Waals surface area contributed by atoms with Crippen LogP contribution in [0.1, 0.15) is 21.6 Å². The zero-order chi connectivity index (χ0) is 22.4. The molecule has 1 fully saturated rings. The van der Waals surface area contributed by atoms with Crippen molar-refractivity contribution in [3.05, 3.63) is 59.2 Å². The van der Waals surface area contributed by atoms with Crippen LogP contribution < -0.4 is 10.2 Å². The largest absolute Gasteiger partial charge is 0.388 e. The standard InChI is InChI=1S/C22H19FN6O3/c1-32-18-11-28(10-17(18)30)19-5-6-29(27-19)16-7-14(26-15-9-25-22(31)21(15)16)20-12(8-24)3-2-4-13(20)23/h2-7,17-18,30H,9-11H2,1H3,(H,25,31)/t17-,18+/m0/s1. The number of amides is 1. The fourth-order valence-corrected chi connectivity index (χ4v) is 4.19. The highest BCUT2D eigenvalue weighted by atomic mass is 19.1. The number of carbonyl (C=O) groups excluding carboxylic acids is 1. The number of aromatic nitrogens is 3. The predicted molar refractivity (Wildman–Crippen MR) is 112 cm³/mol. The quantitative estimate of drug-likeness (QED) is 0.637. The molecule has 32 heavy (non-hydrogen) atoms. The van der Waals surface area contributed by atoms with Crippen LogP contribution in [-0.2, 0) is 11.3 Å². The molecule has 9 nitrogen and oxygen atoms in total. The average Bonchev–Trinajstić information content (AvgIpc) is 3.51. The molecule has 0 radical (unpaired) electrons. The molecular weight excluding hydrogens is 415 g/mol. The van der Waals surface area contributed by atoms with Gasteiger partial charge in [-0.1, -0.05) is 6.07 Å². The topological polar surface area (TPSA) is 116 Å². The molecule has 162 valence electrons. The molecule has 1 aromatic carbocycles. The molecule has 10 heteroatoms. The summed E-state index contributed by atoms with van der Waals surface area (Å²) in [5.74, 6) is -0.258. The van der Waals surface area contributed by atoms with Gasteiger partial charge in [-0.3, -0.25) is 4.79 Å². The van der Waals surface area contributed by atoms with Crippen LogP contribution in [0.2, 0.25) is 0 Å². The summed E-state index contributed by atoms with van der Waals surface area (Å²) >= 11 is 0. The van der Waals surface area contributed by atoms with Crippen LogP contribution in [0, 0.1) is 17.1 Å². The van der Waals surface area contributed by atoms with Crippen molar-refractivity contribution in [3.63, 3.8) is 0 Å². The summed E-state index contributed by atoms with van der Waals surface area (Å²) in [5.41, 5.74) is 1.73. The highest BCUT2D eigenvalue weighted by molar-refractivity contribution is 6.01. The zero-order valence-corrected chi connectivity index (χ0v) is 17.1. The number of pyridine rings is 1. The van der Waals surface area contributed by atoms with E-state index in [9.17, 15) is 19.6 Å².